The average molecular weight is 248 g/mol. The molecule has 0 atom stereocenters. The Morgan fingerprint density at radius 3 is 3.06 bits per heavy atom. The number of nitrogen functional groups attached to an aromatic ring is 1. The number of methoxy groups -OCH3 is 1. The Labute approximate surface area is 105 Å². The number of anilines is 2. The highest BCUT2D eigenvalue weighted by Crippen LogP contribution is 2.09. The maximum Gasteiger partial charge on any atom is 0.158 e. The first-order valence-electron chi connectivity index (χ1n) is 5.66. The third-order valence-corrected chi connectivity index (χ3v) is 2.32. The molecule has 0 spiro atoms. The smallest absolute Gasteiger partial charge is 0.158 e. The zero-order valence-corrected chi connectivity index (χ0v) is 10.2. The lowest BCUT2D eigenvalue weighted by molar-refractivity contribution is 0.178. The second-order valence-electron chi connectivity index (χ2n) is 3.78. The molecule has 2 rings (SSSR count). The van der Waals surface area contributed by atoms with E-state index in [1.165, 1.54) is 0 Å². The van der Waals surface area contributed by atoms with Crippen LogP contribution < -0.4 is 11.1 Å². The van der Waals surface area contributed by atoms with Crippen molar-refractivity contribution in [2.45, 2.75) is 13.0 Å². The van der Waals surface area contributed by atoms with Crippen LogP contribution in [0.1, 0.15) is 11.6 Å². The van der Waals surface area contributed by atoms with Crippen LogP contribution in [-0.2, 0) is 17.8 Å². The van der Waals surface area contributed by atoms with Gasteiger partial charge in [0.05, 0.1) is 6.26 Å². The maximum atomic E-state index is 5.69. The minimum absolute atomic E-state index is 0.345. The summed E-state index contributed by atoms with van der Waals surface area (Å²) in [7, 11) is 1.59. The Hall–Kier alpha value is -2.08. The molecule has 2 aromatic rings. The summed E-state index contributed by atoms with van der Waals surface area (Å²) in [5.74, 6) is 2.62. The normalized spacial score (nSPS) is 10.5. The summed E-state index contributed by atoms with van der Waals surface area (Å²) >= 11 is 0. The van der Waals surface area contributed by atoms with Gasteiger partial charge in [0.2, 0.25) is 0 Å². The van der Waals surface area contributed by atoms with Crippen LogP contribution in [0.15, 0.2) is 28.9 Å². The fraction of sp³-hybridized carbons (Fsp3) is 0.333. The lowest BCUT2D eigenvalue weighted by Crippen LogP contribution is -2.09. The highest BCUT2D eigenvalue weighted by molar-refractivity contribution is 5.44. The van der Waals surface area contributed by atoms with E-state index < -0.39 is 0 Å². The number of aromatic nitrogens is 2. The van der Waals surface area contributed by atoms with E-state index in [0.29, 0.717) is 24.1 Å². The topological polar surface area (TPSA) is 86.2 Å². The molecule has 0 aliphatic heterocycles. The molecule has 2 aromatic heterocycles. The number of rotatable bonds is 6. The van der Waals surface area contributed by atoms with Crippen LogP contribution in [-0.4, -0.2) is 23.6 Å². The fourth-order valence-corrected chi connectivity index (χ4v) is 1.57. The molecule has 18 heavy (non-hydrogen) atoms. The lowest BCUT2D eigenvalue weighted by atomic mass is 10.3. The summed E-state index contributed by atoms with van der Waals surface area (Å²) in [6.45, 7) is 1.06. The van der Waals surface area contributed by atoms with Gasteiger partial charge in [-0.1, -0.05) is 0 Å². The highest BCUT2D eigenvalue weighted by Gasteiger charge is 2.02. The Morgan fingerprint density at radius 1 is 1.44 bits per heavy atom. The van der Waals surface area contributed by atoms with E-state index in [-0.39, 0.29) is 0 Å². The zero-order valence-electron chi connectivity index (χ0n) is 10.2. The molecule has 0 aromatic carbocycles. The van der Waals surface area contributed by atoms with Crippen LogP contribution in [0.3, 0.4) is 0 Å². The predicted molar refractivity (Wildman–Crippen MR) is 68.1 cm³/mol. The van der Waals surface area contributed by atoms with E-state index >= 15 is 0 Å². The first kappa shape index (κ1) is 12.4. The van der Waals surface area contributed by atoms with Crippen molar-refractivity contribution in [2.24, 2.45) is 0 Å². The molecule has 0 fully saturated rings. The van der Waals surface area contributed by atoms with Crippen LogP contribution in [0.25, 0.3) is 0 Å². The molecule has 0 amide bonds. The molecular weight excluding hydrogens is 232 g/mol. The van der Waals surface area contributed by atoms with E-state index in [9.17, 15) is 0 Å². The van der Waals surface area contributed by atoms with Crippen molar-refractivity contribution in [2.75, 3.05) is 24.7 Å². The van der Waals surface area contributed by atoms with Crippen molar-refractivity contribution in [3.05, 3.63) is 36.0 Å². The largest absolute Gasteiger partial charge is 0.469 e. The fourth-order valence-electron chi connectivity index (χ4n) is 1.57. The second kappa shape index (κ2) is 6.02. The van der Waals surface area contributed by atoms with Crippen LogP contribution in [0.4, 0.5) is 11.6 Å². The summed E-state index contributed by atoms with van der Waals surface area (Å²) in [6.07, 6.45) is 2.45. The molecular formula is C12H16N4O2. The lowest BCUT2D eigenvalue weighted by Gasteiger charge is -2.07. The molecule has 0 aliphatic rings. The Kier molecular flexibility index (Phi) is 4.14. The summed E-state index contributed by atoms with van der Waals surface area (Å²) in [5.41, 5.74) is 5.69. The molecule has 0 saturated heterocycles. The minimum Gasteiger partial charge on any atom is -0.469 e. The Bertz CT molecular complexity index is 485. The number of nitrogens with one attached hydrogen (secondary N) is 1. The Morgan fingerprint density at radius 2 is 2.33 bits per heavy atom. The SMILES string of the molecule is COCc1nc(N)cc(NCCc2ccco2)n1. The number of hydrogen-bond acceptors (Lipinski definition) is 6. The molecule has 0 saturated carbocycles. The van der Waals surface area contributed by atoms with Gasteiger partial charge in [-0.15, -0.1) is 0 Å². The van der Waals surface area contributed by atoms with E-state index in [1.807, 2.05) is 12.1 Å². The van der Waals surface area contributed by atoms with Gasteiger partial charge in [-0.25, -0.2) is 9.97 Å². The van der Waals surface area contributed by atoms with Gasteiger partial charge >= 0.3 is 0 Å². The van der Waals surface area contributed by atoms with Crippen molar-refractivity contribution in [1.82, 2.24) is 9.97 Å². The van der Waals surface area contributed by atoms with Gasteiger partial charge in [-0.05, 0) is 12.1 Å². The summed E-state index contributed by atoms with van der Waals surface area (Å²) in [4.78, 5) is 8.35. The molecule has 96 valence electrons. The number of nitrogens with two attached hydrogens (primary N) is 1. The first-order valence-corrected chi connectivity index (χ1v) is 5.66. The van der Waals surface area contributed by atoms with E-state index in [1.54, 1.807) is 19.4 Å². The summed E-state index contributed by atoms with van der Waals surface area (Å²) in [6, 6.07) is 5.50. The third kappa shape index (κ3) is 3.46. The van der Waals surface area contributed by atoms with E-state index in [4.69, 9.17) is 14.9 Å². The standard InChI is InChI=1S/C12H16N4O2/c1-17-8-12-15-10(13)7-11(16-12)14-5-4-9-3-2-6-18-9/h2-3,6-7H,4-5,8H2,1H3,(H3,13,14,15,16). The van der Waals surface area contributed by atoms with Gasteiger partial charge < -0.3 is 20.2 Å². The molecule has 0 aliphatic carbocycles. The van der Waals surface area contributed by atoms with Crippen molar-refractivity contribution < 1.29 is 9.15 Å². The zero-order chi connectivity index (χ0) is 12.8. The van der Waals surface area contributed by atoms with Gasteiger partial charge in [0.15, 0.2) is 5.82 Å². The predicted octanol–water partition coefficient (Wildman–Crippen LogP) is 1.45. The summed E-state index contributed by atoms with van der Waals surface area (Å²) < 4.78 is 10.2. The molecule has 0 radical (unpaired) electrons. The quantitative estimate of drug-likeness (QED) is 0.804. The van der Waals surface area contributed by atoms with E-state index in [0.717, 1.165) is 18.7 Å². The molecule has 0 bridgehead atoms. The molecule has 2 heterocycles. The first-order chi connectivity index (χ1) is 8.78. The average Bonchev–Trinajstić information content (AvgIpc) is 2.82. The Balaban J connectivity index is 1.92. The minimum atomic E-state index is 0.345. The summed E-state index contributed by atoms with van der Waals surface area (Å²) in [5, 5.41) is 3.18. The second-order valence-corrected chi connectivity index (χ2v) is 3.78. The van der Waals surface area contributed by atoms with Crippen molar-refractivity contribution in [3.63, 3.8) is 0 Å². The molecule has 6 heteroatoms. The van der Waals surface area contributed by atoms with E-state index in [2.05, 4.69) is 15.3 Å². The van der Waals surface area contributed by atoms with Gasteiger partial charge in [-0.3, -0.25) is 0 Å². The van der Waals surface area contributed by atoms with Crippen molar-refractivity contribution in [3.8, 4) is 0 Å². The van der Waals surface area contributed by atoms with Crippen LogP contribution in [0.2, 0.25) is 0 Å². The number of hydrogen-bond donors (Lipinski definition) is 2. The van der Waals surface area contributed by atoms with Gasteiger partial charge in [0.25, 0.3) is 0 Å². The van der Waals surface area contributed by atoms with Gasteiger partial charge in [0.1, 0.15) is 24.0 Å². The number of ether oxygens (including phenoxy) is 1. The third-order valence-electron chi connectivity index (χ3n) is 2.32. The van der Waals surface area contributed by atoms with Crippen molar-refractivity contribution >= 4 is 11.6 Å². The van der Waals surface area contributed by atoms with Crippen LogP contribution in [0, 0.1) is 0 Å². The monoisotopic (exact) mass is 248 g/mol. The molecule has 6 nitrogen and oxygen atoms in total. The molecule has 0 unspecified atom stereocenters. The number of furan rings is 1. The van der Waals surface area contributed by atoms with Crippen LogP contribution >= 0.6 is 0 Å². The number of nitrogens with zero attached hydrogens (tertiary/aromatic N) is 2. The molecule has 3 N–H and O–H groups in total. The van der Waals surface area contributed by atoms with Gasteiger partial charge in [-0.2, -0.15) is 0 Å². The van der Waals surface area contributed by atoms with Crippen LogP contribution in [0.5, 0.6) is 0 Å². The van der Waals surface area contributed by atoms with Gasteiger partial charge in [0, 0.05) is 26.1 Å². The highest BCUT2D eigenvalue weighted by atomic mass is 16.5. The van der Waals surface area contributed by atoms with Crippen molar-refractivity contribution in [1.29, 1.82) is 0 Å². The maximum absolute atomic E-state index is 5.69.